The van der Waals surface area contributed by atoms with Gasteiger partial charge in [-0.05, 0) is 12.1 Å². The lowest BCUT2D eigenvalue weighted by molar-refractivity contribution is -0.00000854. The number of rotatable bonds is 3. The van der Waals surface area contributed by atoms with Crippen LogP contribution in [0.2, 0.25) is 0 Å². The van der Waals surface area contributed by atoms with Gasteiger partial charge in [0.25, 0.3) is 0 Å². The second kappa shape index (κ2) is 6.72. The summed E-state index contributed by atoms with van der Waals surface area (Å²) in [6.07, 6.45) is 0. The van der Waals surface area contributed by atoms with E-state index in [1.165, 1.54) is 38.5 Å². The van der Waals surface area contributed by atoms with Crippen LogP contribution in [0.1, 0.15) is 0 Å². The largest absolute Gasteiger partial charge is 1.00 e. The van der Waals surface area contributed by atoms with Crippen LogP contribution < -0.4 is 21.9 Å². The van der Waals surface area contributed by atoms with Gasteiger partial charge in [0.2, 0.25) is 5.75 Å². The minimum atomic E-state index is -0.103. The SMILES string of the molecule is COc1cc(-c2[o+]c3cc(O)cc(OC)c3cc2O)ccc1O.[Cl-]. The number of methoxy groups -OCH3 is 2. The molecule has 0 saturated heterocycles. The van der Waals surface area contributed by atoms with Crippen LogP contribution in [0.3, 0.4) is 0 Å². The van der Waals surface area contributed by atoms with E-state index in [4.69, 9.17) is 13.9 Å². The third-order valence-electron chi connectivity index (χ3n) is 3.48. The fraction of sp³-hybridized carbons (Fsp3) is 0.118. The summed E-state index contributed by atoms with van der Waals surface area (Å²) < 4.78 is 15.9. The molecule has 0 bridgehead atoms. The monoisotopic (exact) mass is 350 g/mol. The smallest absolute Gasteiger partial charge is 0.402 e. The van der Waals surface area contributed by atoms with Crippen LogP contribution in [0.15, 0.2) is 40.8 Å². The highest BCUT2D eigenvalue weighted by Crippen LogP contribution is 2.40. The first kappa shape index (κ1) is 17.5. The van der Waals surface area contributed by atoms with Crippen LogP contribution >= 0.6 is 0 Å². The Morgan fingerprint density at radius 3 is 2.21 bits per heavy atom. The average Bonchev–Trinajstić information content (AvgIpc) is 2.54. The molecule has 0 atom stereocenters. The van der Waals surface area contributed by atoms with Crippen molar-refractivity contribution in [3.05, 3.63) is 36.4 Å². The molecule has 6 nitrogen and oxygen atoms in total. The lowest BCUT2D eigenvalue weighted by Gasteiger charge is -2.05. The molecule has 1 aromatic heterocycles. The average molecular weight is 351 g/mol. The van der Waals surface area contributed by atoms with Crippen LogP contribution in [-0.2, 0) is 0 Å². The predicted octanol–water partition coefficient (Wildman–Crippen LogP) is 0.519. The van der Waals surface area contributed by atoms with Crippen LogP contribution in [0, 0.1) is 0 Å². The van der Waals surface area contributed by atoms with Crippen molar-refractivity contribution in [1.82, 2.24) is 0 Å². The molecule has 0 spiro atoms. The van der Waals surface area contributed by atoms with Crippen molar-refractivity contribution in [2.45, 2.75) is 0 Å². The summed E-state index contributed by atoms with van der Waals surface area (Å²) in [5, 5.41) is 30.2. The van der Waals surface area contributed by atoms with E-state index in [1.54, 1.807) is 12.1 Å². The van der Waals surface area contributed by atoms with Gasteiger partial charge in [-0.15, -0.1) is 0 Å². The summed E-state index contributed by atoms with van der Waals surface area (Å²) in [7, 11) is 2.89. The Morgan fingerprint density at radius 1 is 0.833 bits per heavy atom. The van der Waals surface area contributed by atoms with Gasteiger partial charge in [-0.1, -0.05) is 0 Å². The summed E-state index contributed by atoms with van der Waals surface area (Å²) >= 11 is 0. The minimum absolute atomic E-state index is 0. The fourth-order valence-corrected chi connectivity index (χ4v) is 2.37. The van der Waals surface area contributed by atoms with Crippen LogP contribution in [0.5, 0.6) is 28.7 Å². The summed E-state index contributed by atoms with van der Waals surface area (Å²) in [5.41, 5.74) is 0.864. The molecule has 7 heteroatoms. The molecular weight excluding hydrogens is 336 g/mol. The first-order chi connectivity index (χ1) is 11.0. The van der Waals surface area contributed by atoms with E-state index in [9.17, 15) is 15.3 Å². The first-order valence-corrected chi connectivity index (χ1v) is 6.77. The van der Waals surface area contributed by atoms with Gasteiger partial charge in [0.05, 0.1) is 25.8 Å². The van der Waals surface area contributed by atoms with Crippen molar-refractivity contribution in [3.8, 4) is 40.1 Å². The number of benzene rings is 2. The molecule has 0 aliphatic carbocycles. The predicted molar refractivity (Wildman–Crippen MR) is 84.2 cm³/mol. The Bertz CT molecular complexity index is 894. The van der Waals surface area contributed by atoms with Gasteiger partial charge in [0.15, 0.2) is 11.5 Å². The highest BCUT2D eigenvalue weighted by Gasteiger charge is 2.25. The van der Waals surface area contributed by atoms with Crippen molar-refractivity contribution >= 4 is 11.0 Å². The van der Waals surface area contributed by atoms with Crippen LogP contribution in [0.4, 0.5) is 0 Å². The maximum Gasteiger partial charge on any atom is 0.402 e. The molecule has 0 aliphatic heterocycles. The maximum atomic E-state index is 10.3. The molecule has 0 unspecified atom stereocenters. The number of ether oxygens (including phenoxy) is 2. The molecule has 2 aromatic carbocycles. The topological polar surface area (TPSA) is 90.5 Å². The molecule has 24 heavy (non-hydrogen) atoms. The van der Waals surface area contributed by atoms with Gasteiger partial charge in [-0.25, -0.2) is 4.42 Å². The van der Waals surface area contributed by atoms with E-state index in [2.05, 4.69) is 0 Å². The Morgan fingerprint density at radius 2 is 1.54 bits per heavy atom. The van der Waals surface area contributed by atoms with Gasteiger partial charge in [-0.2, -0.15) is 0 Å². The number of aromatic hydroxyl groups is 3. The zero-order chi connectivity index (χ0) is 16.6. The minimum Gasteiger partial charge on any atom is -1.00 e. The summed E-state index contributed by atoms with van der Waals surface area (Å²) in [4.78, 5) is 0. The lowest BCUT2D eigenvalue weighted by atomic mass is 10.1. The van der Waals surface area contributed by atoms with Gasteiger partial charge >= 0.3 is 11.3 Å². The zero-order valence-electron chi connectivity index (χ0n) is 12.9. The third-order valence-corrected chi connectivity index (χ3v) is 3.48. The molecule has 0 amide bonds. The molecule has 3 aromatic rings. The van der Waals surface area contributed by atoms with E-state index in [1.807, 2.05) is 0 Å². The number of hydrogen-bond acceptors (Lipinski definition) is 5. The second-order valence-corrected chi connectivity index (χ2v) is 4.91. The normalized spacial score (nSPS) is 10.2. The molecule has 126 valence electrons. The van der Waals surface area contributed by atoms with Crippen molar-refractivity contribution in [2.75, 3.05) is 14.2 Å². The van der Waals surface area contributed by atoms with Gasteiger partial charge in [-0.3, -0.25) is 0 Å². The van der Waals surface area contributed by atoms with E-state index < -0.39 is 0 Å². The maximum absolute atomic E-state index is 10.3. The Balaban J connectivity index is 0.00000208. The van der Waals surface area contributed by atoms with E-state index in [0.717, 1.165) is 0 Å². The third kappa shape index (κ3) is 2.96. The second-order valence-electron chi connectivity index (χ2n) is 4.91. The molecule has 0 radical (unpaired) electrons. The zero-order valence-corrected chi connectivity index (χ0v) is 13.7. The summed E-state index contributed by atoms with van der Waals surface area (Å²) in [5.74, 6) is 0.686. The van der Waals surface area contributed by atoms with E-state index in [-0.39, 0.29) is 41.2 Å². The molecule has 3 rings (SSSR count). The molecule has 3 N–H and O–H groups in total. The van der Waals surface area contributed by atoms with Crippen LogP contribution in [-0.4, -0.2) is 29.5 Å². The fourth-order valence-electron chi connectivity index (χ4n) is 2.37. The lowest BCUT2D eigenvalue weighted by Crippen LogP contribution is -3.00. The Hall–Kier alpha value is -2.86. The van der Waals surface area contributed by atoms with Gasteiger partial charge in [0.1, 0.15) is 16.9 Å². The number of phenols is 2. The molecular formula is C17H15ClO6. The highest BCUT2D eigenvalue weighted by molar-refractivity contribution is 5.88. The van der Waals surface area contributed by atoms with Gasteiger partial charge in [0, 0.05) is 18.2 Å². The van der Waals surface area contributed by atoms with Gasteiger partial charge < -0.3 is 37.2 Å². The standard InChI is InChI=1S/C17H14O6.ClH/c1-21-14-6-10(18)7-15-11(14)8-13(20)17(23-15)9-3-4-12(19)16(5-9)22-2;/h3-8H,1-2H3,(H2-,18,19,20);1H. The molecule has 0 aliphatic rings. The van der Waals surface area contributed by atoms with Crippen molar-refractivity contribution in [2.24, 2.45) is 0 Å². The highest BCUT2D eigenvalue weighted by atomic mass is 35.5. The number of fused-ring (bicyclic) bond motifs is 1. The summed E-state index contributed by atoms with van der Waals surface area (Å²) in [6, 6.07) is 8.92. The summed E-state index contributed by atoms with van der Waals surface area (Å²) in [6.45, 7) is 0. The van der Waals surface area contributed by atoms with Crippen molar-refractivity contribution < 1.29 is 41.6 Å². The number of hydrogen-bond donors (Lipinski definition) is 3. The van der Waals surface area contributed by atoms with E-state index >= 15 is 0 Å². The molecule has 1 heterocycles. The Kier molecular flexibility index (Phi) is 4.90. The van der Waals surface area contributed by atoms with Crippen molar-refractivity contribution in [1.29, 1.82) is 0 Å². The molecule has 0 saturated carbocycles. The van der Waals surface area contributed by atoms with Crippen LogP contribution in [0.25, 0.3) is 22.3 Å². The van der Waals surface area contributed by atoms with Crippen molar-refractivity contribution in [3.63, 3.8) is 0 Å². The number of halogens is 1. The van der Waals surface area contributed by atoms with E-state index in [0.29, 0.717) is 22.3 Å². The first-order valence-electron chi connectivity index (χ1n) is 6.77. The Labute approximate surface area is 143 Å². The quantitative estimate of drug-likeness (QED) is 0.597. The number of phenolic OH excluding ortho intramolecular Hbond substituents is 2. The molecule has 0 fully saturated rings.